The Labute approximate surface area is 217 Å². The van der Waals surface area contributed by atoms with E-state index in [-0.39, 0.29) is 29.7 Å². The standard InChI is InChI=1S/C11H19NO.C11H13NO.C8H13NO/c2*1-8(13)11-7-9-5-3-4-6-10(9)12(11)2;1-7(10)8-5-3-4-6-9(8)2/h9-11H,3-7H2,1-2H3;3-6,11H,7H2,1-2H3;3-4,8H,5-6H2,1-2H3. The number of carbonyl (C=O) groups excluding carboxylic acids is 3. The second-order valence-electron chi connectivity index (χ2n) is 11.0. The van der Waals surface area contributed by atoms with Gasteiger partial charge in [-0.3, -0.25) is 24.2 Å². The first kappa shape index (κ1) is 28.3. The van der Waals surface area contributed by atoms with Crippen LogP contribution in [0.15, 0.2) is 36.4 Å². The topological polar surface area (TPSA) is 60.9 Å². The average molecular weight is 496 g/mol. The molecular weight excluding hydrogens is 450 g/mol. The van der Waals surface area contributed by atoms with E-state index in [1.165, 1.54) is 36.9 Å². The Morgan fingerprint density at radius 1 is 0.806 bits per heavy atom. The van der Waals surface area contributed by atoms with Gasteiger partial charge >= 0.3 is 0 Å². The fourth-order valence-electron chi connectivity index (χ4n) is 6.34. The lowest BCUT2D eigenvalue weighted by Crippen LogP contribution is -2.38. The Kier molecular flexibility index (Phi) is 10.0. The van der Waals surface area contributed by atoms with Crippen molar-refractivity contribution in [2.45, 2.75) is 89.9 Å². The van der Waals surface area contributed by atoms with Crippen molar-refractivity contribution < 1.29 is 14.4 Å². The summed E-state index contributed by atoms with van der Waals surface area (Å²) >= 11 is 0. The summed E-state index contributed by atoms with van der Waals surface area (Å²) in [4.78, 5) is 40.0. The molecule has 5 unspecified atom stereocenters. The lowest BCUT2D eigenvalue weighted by molar-refractivity contribution is -0.122. The molecule has 1 saturated carbocycles. The van der Waals surface area contributed by atoms with Crippen LogP contribution in [-0.2, 0) is 20.8 Å². The lowest BCUT2D eigenvalue weighted by Gasteiger charge is -2.30. The molecule has 4 aliphatic rings. The lowest BCUT2D eigenvalue weighted by atomic mass is 9.84. The molecule has 6 nitrogen and oxygen atoms in total. The van der Waals surface area contributed by atoms with Crippen molar-refractivity contribution in [1.82, 2.24) is 9.80 Å². The molecule has 0 bridgehead atoms. The molecule has 0 aromatic heterocycles. The zero-order valence-electron chi connectivity index (χ0n) is 23.1. The number of likely N-dealkylation sites (N-methyl/N-ethyl adjacent to an activating group) is 3. The Morgan fingerprint density at radius 3 is 2.00 bits per heavy atom. The highest BCUT2D eigenvalue weighted by Gasteiger charge is 2.41. The van der Waals surface area contributed by atoms with Crippen LogP contribution < -0.4 is 4.90 Å². The highest BCUT2D eigenvalue weighted by molar-refractivity contribution is 5.87. The number of anilines is 1. The van der Waals surface area contributed by atoms with E-state index in [1.807, 2.05) is 26.2 Å². The van der Waals surface area contributed by atoms with Crippen LogP contribution in [0.5, 0.6) is 0 Å². The van der Waals surface area contributed by atoms with Gasteiger partial charge in [-0.1, -0.05) is 43.2 Å². The fraction of sp³-hybridized carbons (Fsp3) is 0.633. The van der Waals surface area contributed by atoms with Gasteiger partial charge in [0, 0.05) is 31.7 Å². The molecule has 2 fully saturated rings. The third-order valence-electron chi connectivity index (χ3n) is 8.52. The summed E-state index contributed by atoms with van der Waals surface area (Å²) in [5.41, 5.74) is 2.48. The first-order valence-electron chi connectivity index (χ1n) is 13.5. The number of carbonyl (C=O) groups is 3. The summed E-state index contributed by atoms with van der Waals surface area (Å²) in [6, 6.07) is 9.32. The highest BCUT2D eigenvalue weighted by atomic mass is 16.1. The third kappa shape index (κ3) is 6.71. The molecule has 1 saturated heterocycles. The maximum Gasteiger partial charge on any atom is 0.152 e. The highest BCUT2D eigenvalue weighted by Crippen LogP contribution is 2.38. The van der Waals surface area contributed by atoms with Gasteiger partial charge in [0.15, 0.2) is 5.78 Å². The maximum absolute atomic E-state index is 11.4. The zero-order valence-corrected chi connectivity index (χ0v) is 23.1. The SMILES string of the molecule is CC(=O)C1CC2CCCCC2N1C.CC(=O)C1CC=CCN1C.CC(=O)C1Cc2ccccc2N1C. The van der Waals surface area contributed by atoms with Gasteiger partial charge in [0.2, 0.25) is 0 Å². The first-order valence-corrected chi connectivity index (χ1v) is 13.5. The minimum atomic E-state index is 0.0531. The van der Waals surface area contributed by atoms with Gasteiger partial charge in [-0.15, -0.1) is 0 Å². The second-order valence-corrected chi connectivity index (χ2v) is 11.0. The van der Waals surface area contributed by atoms with E-state index >= 15 is 0 Å². The van der Waals surface area contributed by atoms with Crippen molar-refractivity contribution in [3.63, 3.8) is 0 Å². The molecule has 3 aliphatic heterocycles. The fourth-order valence-corrected chi connectivity index (χ4v) is 6.34. The van der Waals surface area contributed by atoms with Gasteiger partial charge in [-0.05, 0) is 78.1 Å². The molecule has 5 rings (SSSR count). The normalized spacial score (nSPS) is 29.3. The average Bonchev–Trinajstić information content (AvgIpc) is 3.38. The molecule has 3 heterocycles. The van der Waals surface area contributed by atoms with Gasteiger partial charge in [-0.25, -0.2) is 0 Å². The molecule has 5 atom stereocenters. The molecule has 0 spiro atoms. The first-order chi connectivity index (χ1) is 17.1. The number of nitrogens with zero attached hydrogens (tertiary/aromatic N) is 3. The molecule has 0 N–H and O–H groups in total. The molecule has 1 aromatic rings. The van der Waals surface area contributed by atoms with Crippen molar-refractivity contribution in [2.75, 3.05) is 32.6 Å². The van der Waals surface area contributed by atoms with E-state index in [0.29, 0.717) is 11.8 Å². The van der Waals surface area contributed by atoms with Crippen LogP contribution in [0.2, 0.25) is 0 Å². The molecule has 1 aromatic carbocycles. The van der Waals surface area contributed by atoms with E-state index in [9.17, 15) is 14.4 Å². The van der Waals surface area contributed by atoms with Crippen molar-refractivity contribution in [3.8, 4) is 0 Å². The van der Waals surface area contributed by atoms with Gasteiger partial charge in [0.05, 0.1) is 18.1 Å². The predicted octanol–water partition coefficient (Wildman–Crippen LogP) is 4.31. The molecule has 0 amide bonds. The Bertz CT molecular complexity index is 959. The van der Waals surface area contributed by atoms with E-state index in [2.05, 4.69) is 46.0 Å². The van der Waals surface area contributed by atoms with E-state index in [1.54, 1.807) is 20.8 Å². The number of likely N-dealkylation sites (tertiary alicyclic amines) is 1. The summed E-state index contributed by atoms with van der Waals surface area (Å²) in [6.45, 7) is 5.95. The summed E-state index contributed by atoms with van der Waals surface area (Å²) in [7, 11) is 6.09. The maximum atomic E-state index is 11.4. The van der Waals surface area contributed by atoms with Crippen molar-refractivity contribution in [1.29, 1.82) is 0 Å². The van der Waals surface area contributed by atoms with Gasteiger partial charge in [0.1, 0.15) is 11.6 Å². The van der Waals surface area contributed by atoms with Crippen LogP contribution in [0, 0.1) is 5.92 Å². The van der Waals surface area contributed by atoms with Crippen molar-refractivity contribution in [2.24, 2.45) is 5.92 Å². The number of fused-ring (bicyclic) bond motifs is 2. The number of para-hydroxylation sites is 1. The summed E-state index contributed by atoms with van der Waals surface area (Å²) < 4.78 is 0. The van der Waals surface area contributed by atoms with Crippen LogP contribution in [0.3, 0.4) is 0 Å². The van der Waals surface area contributed by atoms with E-state index in [4.69, 9.17) is 0 Å². The van der Waals surface area contributed by atoms with Gasteiger partial charge in [-0.2, -0.15) is 0 Å². The largest absolute Gasteiger partial charge is 0.364 e. The van der Waals surface area contributed by atoms with Crippen molar-refractivity contribution in [3.05, 3.63) is 42.0 Å². The predicted molar refractivity (Wildman–Crippen MR) is 146 cm³/mol. The number of benzene rings is 1. The number of hydrogen-bond acceptors (Lipinski definition) is 6. The van der Waals surface area contributed by atoms with Crippen molar-refractivity contribution >= 4 is 23.0 Å². The Balaban J connectivity index is 0.000000152. The van der Waals surface area contributed by atoms with Crippen LogP contribution in [0.25, 0.3) is 0 Å². The summed E-state index contributed by atoms with van der Waals surface area (Å²) in [5.74, 6) is 1.69. The number of rotatable bonds is 3. The third-order valence-corrected chi connectivity index (χ3v) is 8.52. The van der Waals surface area contributed by atoms with E-state index in [0.717, 1.165) is 31.7 Å². The molecule has 0 radical (unpaired) electrons. The van der Waals surface area contributed by atoms with Crippen LogP contribution in [-0.4, -0.2) is 79.0 Å². The zero-order chi connectivity index (χ0) is 26.4. The monoisotopic (exact) mass is 495 g/mol. The number of hydrogen-bond donors (Lipinski definition) is 0. The van der Waals surface area contributed by atoms with Gasteiger partial charge < -0.3 is 4.90 Å². The summed E-state index contributed by atoms with van der Waals surface area (Å²) in [5, 5.41) is 0. The molecule has 1 aliphatic carbocycles. The molecule has 36 heavy (non-hydrogen) atoms. The Hall–Kier alpha value is -2.31. The van der Waals surface area contributed by atoms with Crippen LogP contribution in [0.1, 0.15) is 64.9 Å². The molecular formula is C30H45N3O3. The van der Waals surface area contributed by atoms with Gasteiger partial charge in [0.25, 0.3) is 0 Å². The quantitative estimate of drug-likeness (QED) is 0.583. The van der Waals surface area contributed by atoms with Crippen LogP contribution >= 0.6 is 0 Å². The number of Topliss-reactive ketones (excluding diaryl/α,β-unsaturated/α-hetero) is 3. The minimum absolute atomic E-state index is 0.0531. The second kappa shape index (κ2) is 12.8. The van der Waals surface area contributed by atoms with E-state index < -0.39 is 0 Å². The molecule has 198 valence electrons. The number of ketones is 3. The smallest absolute Gasteiger partial charge is 0.152 e. The molecule has 6 heteroatoms. The Morgan fingerprint density at radius 2 is 1.44 bits per heavy atom. The minimum Gasteiger partial charge on any atom is -0.364 e. The van der Waals surface area contributed by atoms with Crippen LogP contribution in [0.4, 0.5) is 5.69 Å². The summed E-state index contributed by atoms with van der Waals surface area (Å²) in [6.07, 6.45) is 12.4.